The van der Waals surface area contributed by atoms with Gasteiger partial charge >= 0.3 is 0 Å². The molecule has 0 radical (unpaired) electrons. The van der Waals surface area contributed by atoms with Crippen LogP contribution in [0.4, 0.5) is 5.69 Å². The van der Waals surface area contributed by atoms with Crippen molar-refractivity contribution in [3.63, 3.8) is 0 Å². The highest BCUT2D eigenvalue weighted by Gasteiger charge is 2.28. The van der Waals surface area contributed by atoms with Gasteiger partial charge in [0.25, 0.3) is 10.0 Å². The van der Waals surface area contributed by atoms with Crippen molar-refractivity contribution in [1.82, 2.24) is 5.32 Å². The molecular weight excluding hydrogens is 400 g/mol. The van der Waals surface area contributed by atoms with Crippen molar-refractivity contribution in [3.8, 4) is 0 Å². The van der Waals surface area contributed by atoms with Crippen LogP contribution in [0.1, 0.15) is 36.8 Å². The third-order valence-electron chi connectivity index (χ3n) is 5.77. The number of para-hydroxylation sites is 1. The van der Waals surface area contributed by atoms with E-state index in [-0.39, 0.29) is 16.9 Å². The van der Waals surface area contributed by atoms with Crippen LogP contribution < -0.4 is 9.62 Å². The maximum Gasteiger partial charge on any atom is 0.264 e. The van der Waals surface area contributed by atoms with Crippen molar-refractivity contribution >= 4 is 21.6 Å². The summed E-state index contributed by atoms with van der Waals surface area (Å²) in [7, 11) is -3.60. The summed E-state index contributed by atoms with van der Waals surface area (Å²) in [4.78, 5) is 12.3. The monoisotopic (exact) mass is 428 g/mol. The Morgan fingerprint density at radius 3 is 2.67 bits per heavy atom. The molecule has 4 rings (SSSR count). The molecule has 1 atom stereocenters. The molecule has 1 fully saturated rings. The summed E-state index contributed by atoms with van der Waals surface area (Å²) < 4.78 is 33.4. The summed E-state index contributed by atoms with van der Waals surface area (Å²) in [6, 6.07) is 14.6. The minimum atomic E-state index is -3.60. The molecule has 2 aliphatic rings. The molecule has 7 heteroatoms. The van der Waals surface area contributed by atoms with Gasteiger partial charge in [-0.3, -0.25) is 9.10 Å². The van der Waals surface area contributed by atoms with Gasteiger partial charge in [-0.15, -0.1) is 0 Å². The highest BCUT2D eigenvalue weighted by molar-refractivity contribution is 7.92. The molecule has 1 amide bonds. The van der Waals surface area contributed by atoms with E-state index in [0.717, 1.165) is 49.1 Å². The van der Waals surface area contributed by atoms with Gasteiger partial charge in [0, 0.05) is 26.1 Å². The fraction of sp³-hybridized carbons (Fsp3) is 0.435. The smallest absolute Gasteiger partial charge is 0.264 e. The van der Waals surface area contributed by atoms with E-state index >= 15 is 0 Å². The standard InChI is InChI=1S/C23H28N2O4S/c26-23(24-17-20-7-4-16-29-20)14-11-18-9-12-21(13-10-18)30(27,28)25-15-3-6-19-5-1-2-8-22(19)25/h1-2,5,8-10,12-13,20H,3-4,6-7,11,14-17H2,(H,24,26). The van der Waals surface area contributed by atoms with Gasteiger partial charge in [0.1, 0.15) is 0 Å². The lowest BCUT2D eigenvalue weighted by molar-refractivity contribution is -0.121. The number of nitrogens with one attached hydrogen (secondary N) is 1. The zero-order chi connectivity index (χ0) is 21.0. The molecule has 0 spiro atoms. The van der Waals surface area contributed by atoms with Gasteiger partial charge in [-0.1, -0.05) is 30.3 Å². The predicted molar refractivity (Wildman–Crippen MR) is 116 cm³/mol. The Labute approximate surface area is 178 Å². The molecule has 1 unspecified atom stereocenters. The fourth-order valence-corrected chi connectivity index (χ4v) is 5.62. The molecule has 2 heterocycles. The van der Waals surface area contributed by atoms with Crippen LogP contribution in [0.3, 0.4) is 0 Å². The fourth-order valence-electron chi connectivity index (χ4n) is 4.08. The van der Waals surface area contributed by atoms with Crippen molar-refractivity contribution in [1.29, 1.82) is 0 Å². The van der Waals surface area contributed by atoms with E-state index in [1.807, 2.05) is 24.3 Å². The van der Waals surface area contributed by atoms with E-state index in [9.17, 15) is 13.2 Å². The number of carbonyl (C=O) groups is 1. The number of nitrogens with zero attached hydrogens (tertiary/aromatic N) is 1. The van der Waals surface area contributed by atoms with E-state index in [4.69, 9.17) is 4.74 Å². The number of hydrogen-bond acceptors (Lipinski definition) is 4. The summed E-state index contributed by atoms with van der Waals surface area (Å²) in [5.41, 5.74) is 2.79. The van der Waals surface area contributed by atoms with Crippen molar-refractivity contribution in [2.75, 3.05) is 24.0 Å². The maximum atomic E-state index is 13.2. The van der Waals surface area contributed by atoms with Gasteiger partial charge < -0.3 is 10.1 Å². The Bertz CT molecular complexity index is 983. The summed E-state index contributed by atoms with van der Waals surface area (Å²) in [5.74, 6) is -0.00729. The molecule has 1 N–H and O–H groups in total. The van der Waals surface area contributed by atoms with E-state index in [2.05, 4.69) is 5.32 Å². The van der Waals surface area contributed by atoms with Crippen molar-refractivity contribution in [2.45, 2.75) is 49.5 Å². The van der Waals surface area contributed by atoms with E-state index in [1.165, 1.54) is 4.31 Å². The van der Waals surface area contributed by atoms with Crippen LogP contribution in [0.2, 0.25) is 0 Å². The highest BCUT2D eigenvalue weighted by atomic mass is 32.2. The van der Waals surface area contributed by atoms with Crippen LogP contribution in [0.25, 0.3) is 0 Å². The first-order valence-electron chi connectivity index (χ1n) is 10.6. The zero-order valence-corrected chi connectivity index (χ0v) is 17.9. The molecule has 0 saturated carbocycles. The van der Waals surface area contributed by atoms with E-state index in [1.54, 1.807) is 24.3 Å². The number of sulfonamides is 1. The molecule has 0 aromatic heterocycles. The van der Waals surface area contributed by atoms with Gasteiger partial charge in [0.2, 0.25) is 5.91 Å². The normalized spacial score (nSPS) is 18.8. The minimum absolute atomic E-state index is 0.00729. The summed E-state index contributed by atoms with van der Waals surface area (Å²) in [6.07, 6.45) is 4.85. The average molecular weight is 429 g/mol. The number of hydrogen-bond donors (Lipinski definition) is 1. The first-order valence-corrected chi connectivity index (χ1v) is 12.1. The molecule has 1 saturated heterocycles. The summed E-state index contributed by atoms with van der Waals surface area (Å²) in [5, 5.41) is 2.92. The van der Waals surface area contributed by atoms with Crippen LogP contribution in [-0.2, 0) is 32.4 Å². The second-order valence-corrected chi connectivity index (χ2v) is 9.75. The molecule has 0 bridgehead atoms. The Morgan fingerprint density at radius 1 is 1.10 bits per heavy atom. The molecule has 6 nitrogen and oxygen atoms in total. The van der Waals surface area contributed by atoms with Crippen LogP contribution in [0.15, 0.2) is 53.4 Å². The lowest BCUT2D eigenvalue weighted by Crippen LogP contribution is -2.35. The number of anilines is 1. The minimum Gasteiger partial charge on any atom is -0.376 e. The van der Waals surface area contributed by atoms with Crippen LogP contribution in [0, 0.1) is 0 Å². The Morgan fingerprint density at radius 2 is 1.90 bits per heavy atom. The number of ether oxygens (including phenoxy) is 1. The van der Waals surface area contributed by atoms with Gasteiger partial charge in [0.15, 0.2) is 0 Å². The highest BCUT2D eigenvalue weighted by Crippen LogP contribution is 2.31. The number of benzene rings is 2. The number of carbonyl (C=O) groups excluding carboxylic acids is 1. The largest absolute Gasteiger partial charge is 0.376 e. The quantitative estimate of drug-likeness (QED) is 0.735. The number of amides is 1. The molecule has 30 heavy (non-hydrogen) atoms. The SMILES string of the molecule is O=C(CCc1ccc(S(=O)(=O)N2CCCc3ccccc32)cc1)NCC1CCCO1. The first-order chi connectivity index (χ1) is 14.5. The Kier molecular flexibility index (Phi) is 6.39. The van der Waals surface area contributed by atoms with Crippen LogP contribution in [-0.4, -0.2) is 40.1 Å². The molecule has 0 aliphatic carbocycles. The van der Waals surface area contributed by atoms with E-state index in [0.29, 0.717) is 25.9 Å². The zero-order valence-electron chi connectivity index (χ0n) is 17.0. The number of rotatable bonds is 7. The average Bonchev–Trinajstić information content (AvgIpc) is 3.30. The molecule has 2 aromatic rings. The summed E-state index contributed by atoms with van der Waals surface area (Å²) >= 11 is 0. The van der Waals surface area contributed by atoms with Crippen molar-refractivity contribution < 1.29 is 17.9 Å². The predicted octanol–water partition coefficient (Wildman–Crippen LogP) is 3.06. The lowest BCUT2D eigenvalue weighted by Gasteiger charge is -2.30. The van der Waals surface area contributed by atoms with Crippen molar-refractivity contribution in [3.05, 3.63) is 59.7 Å². The lowest BCUT2D eigenvalue weighted by atomic mass is 10.0. The van der Waals surface area contributed by atoms with Crippen molar-refractivity contribution in [2.24, 2.45) is 0 Å². The van der Waals surface area contributed by atoms with Gasteiger partial charge in [0.05, 0.1) is 16.7 Å². The third-order valence-corrected chi connectivity index (χ3v) is 7.60. The Balaban J connectivity index is 1.36. The van der Waals surface area contributed by atoms with Gasteiger partial charge in [-0.05, 0) is 61.4 Å². The third kappa shape index (κ3) is 4.68. The Hall–Kier alpha value is -2.38. The maximum absolute atomic E-state index is 13.2. The second-order valence-electron chi connectivity index (χ2n) is 7.89. The topological polar surface area (TPSA) is 75.7 Å². The first kappa shape index (κ1) is 20.9. The molecule has 160 valence electrons. The van der Waals surface area contributed by atoms with Gasteiger partial charge in [-0.25, -0.2) is 8.42 Å². The molecule has 2 aromatic carbocycles. The number of fused-ring (bicyclic) bond motifs is 1. The van der Waals surface area contributed by atoms with Crippen LogP contribution >= 0.6 is 0 Å². The number of aryl methyl sites for hydroxylation is 2. The van der Waals surface area contributed by atoms with Crippen LogP contribution in [0.5, 0.6) is 0 Å². The second kappa shape index (κ2) is 9.18. The molecular formula is C23H28N2O4S. The summed E-state index contributed by atoms with van der Waals surface area (Å²) in [6.45, 7) is 1.83. The molecule has 2 aliphatic heterocycles. The van der Waals surface area contributed by atoms with Gasteiger partial charge in [-0.2, -0.15) is 0 Å². The van der Waals surface area contributed by atoms with E-state index < -0.39 is 10.0 Å².